The van der Waals surface area contributed by atoms with Crippen molar-refractivity contribution >= 4 is 11.9 Å². The average molecular weight is 460 g/mol. The summed E-state index contributed by atoms with van der Waals surface area (Å²) in [5, 5.41) is 16.1. The second kappa shape index (κ2) is 9.34. The first kappa shape index (κ1) is 21.6. The van der Waals surface area contributed by atoms with Crippen LogP contribution in [-0.4, -0.2) is 62.4 Å². The second-order valence-corrected chi connectivity index (χ2v) is 8.12. The van der Waals surface area contributed by atoms with Gasteiger partial charge in [-0.1, -0.05) is 34.5 Å². The first-order chi connectivity index (χ1) is 16.6. The molecule has 10 nitrogen and oxygen atoms in total. The van der Waals surface area contributed by atoms with Crippen LogP contribution >= 0.6 is 0 Å². The van der Waals surface area contributed by atoms with E-state index in [1.807, 2.05) is 67.3 Å². The molecule has 3 heterocycles. The number of hydrogen-bond acceptors (Lipinski definition) is 8. The van der Waals surface area contributed by atoms with Gasteiger partial charge < -0.3 is 19.1 Å². The zero-order valence-corrected chi connectivity index (χ0v) is 19.1. The molecule has 1 aliphatic rings. The molecule has 0 radical (unpaired) electrons. The summed E-state index contributed by atoms with van der Waals surface area (Å²) in [5.74, 6) is 2.02. The van der Waals surface area contributed by atoms with Crippen molar-refractivity contribution < 1.29 is 14.1 Å². The molecule has 1 saturated heterocycles. The van der Waals surface area contributed by atoms with Gasteiger partial charge in [0.15, 0.2) is 0 Å². The van der Waals surface area contributed by atoms with Crippen LogP contribution in [0.1, 0.15) is 27.4 Å². The van der Waals surface area contributed by atoms with Crippen LogP contribution in [0, 0.1) is 13.8 Å². The Balaban J connectivity index is 1.22. The predicted molar refractivity (Wildman–Crippen MR) is 124 cm³/mol. The highest BCUT2D eigenvalue weighted by molar-refractivity contribution is 5.94. The Hall–Kier alpha value is -4.21. The smallest absolute Gasteiger partial charge is 0.254 e. The molecule has 2 aromatic heterocycles. The van der Waals surface area contributed by atoms with Gasteiger partial charge in [0.05, 0.1) is 16.9 Å². The Morgan fingerprint density at radius 2 is 1.82 bits per heavy atom. The molecule has 34 heavy (non-hydrogen) atoms. The van der Waals surface area contributed by atoms with Gasteiger partial charge in [-0.05, 0) is 54.6 Å². The maximum atomic E-state index is 13.2. The summed E-state index contributed by atoms with van der Waals surface area (Å²) >= 11 is 0. The molecule has 0 N–H and O–H groups in total. The van der Waals surface area contributed by atoms with Crippen molar-refractivity contribution in [3.63, 3.8) is 0 Å². The Bertz CT molecular complexity index is 1260. The molecule has 0 bridgehead atoms. The third-order valence-electron chi connectivity index (χ3n) is 5.95. The molecule has 4 aromatic rings. The molecule has 1 amide bonds. The molecular weight excluding hydrogens is 434 g/mol. The summed E-state index contributed by atoms with van der Waals surface area (Å²) in [5.41, 5.74) is 3.22. The van der Waals surface area contributed by atoms with Crippen LogP contribution in [0.2, 0.25) is 0 Å². The van der Waals surface area contributed by atoms with Crippen molar-refractivity contribution in [2.24, 2.45) is 0 Å². The lowest BCUT2D eigenvalue weighted by Crippen LogP contribution is -2.49. The van der Waals surface area contributed by atoms with Gasteiger partial charge in [-0.25, -0.2) is 0 Å². The fraction of sp³-hybridized carbons (Fsp3) is 0.292. The van der Waals surface area contributed by atoms with E-state index in [2.05, 4.69) is 25.6 Å². The zero-order chi connectivity index (χ0) is 23.5. The monoisotopic (exact) mass is 459 g/mol. The highest BCUT2D eigenvalue weighted by atomic mass is 16.5. The Morgan fingerprint density at radius 3 is 2.56 bits per heavy atom. The van der Waals surface area contributed by atoms with Crippen molar-refractivity contribution in [2.75, 3.05) is 31.1 Å². The quantitative estimate of drug-likeness (QED) is 0.434. The van der Waals surface area contributed by atoms with E-state index in [1.165, 1.54) is 0 Å². The van der Waals surface area contributed by atoms with Crippen molar-refractivity contribution in [1.82, 2.24) is 30.3 Å². The number of ether oxygens (including phenoxy) is 1. The topological polar surface area (TPSA) is 102 Å². The minimum absolute atomic E-state index is 0.0231. The number of aromatic nitrogens is 5. The first-order valence-corrected chi connectivity index (χ1v) is 11.1. The van der Waals surface area contributed by atoms with E-state index >= 15 is 0 Å². The van der Waals surface area contributed by atoms with Crippen molar-refractivity contribution in [3.05, 3.63) is 77.2 Å². The molecule has 0 aliphatic carbocycles. The minimum atomic E-state index is -0.0231. The van der Waals surface area contributed by atoms with Crippen LogP contribution in [0.3, 0.4) is 0 Å². The van der Waals surface area contributed by atoms with Crippen LogP contribution in [0.4, 0.5) is 5.95 Å². The Kier molecular flexibility index (Phi) is 5.94. The molecule has 0 atom stereocenters. The fourth-order valence-electron chi connectivity index (χ4n) is 3.99. The Labute approximate surface area is 196 Å². The van der Waals surface area contributed by atoms with Gasteiger partial charge in [-0.15, -0.1) is 0 Å². The van der Waals surface area contributed by atoms with Gasteiger partial charge >= 0.3 is 0 Å². The molecule has 0 saturated carbocycles. The third-order valence-corrected chi connectivity index (χ3v) is 5.95. The summed E-state index contributed by atoms with van der Waals surface area (Å²) in [7, 11) is 0. The van der Waals surface area contributed by atoms with Gasteiger partial charge in [0.1, 0.15) is 18.1 Å². The van der Waals surface area contributed by atoms with Crippen LogP contribution in [0.5, 0.6) is 5.75 Å². The van der Waals surface area contributed by atoms with Gasteiger partial charge in [0, 0.05) is 31.7 Å². The van der Waals surface area contributed by atoms with E-state index in [4.69, 9.17) is 9.26 Å². The number of benzene rings is 2. The maximum Gasteiger partial charge on any atom is 0.254 e. The molecule has 0 unspecified atom stereocenters. The summed E-state index contributed by atoms with van der Waals surface area (Å²) < 4.78 is 12.8. The maximum absolute atomic E-state index is 13.2. The number of para-hydroxylation sites is 1. The standard InChI is InChI=1S/C24H25N7O3/c1-17-22(18(2)34-26-17)16-33-21-10-6-7-19(15-21)23(32)29-11-13-30(14-12-29)24-25-27-28-31(24)20-8-4-3-5-9-20/h3-10,15H,11-14,16H2,1-2H3. The molecular formula is C24H25N7O3. The number of hydrogen-bond donors (Lipinski definition) is 0. The van der Waals surface area contributed by atoms with Gasteiger partial charge in [-0.3, -0.25) is 4.79 Å². The number of amides is 1. The zero-order valence-electron chi connectivity index (χ0n) is 19.1. The normalized spacial score (nSPS) is 13.8. The van der Waals surface area contributed by atoms with E-state index in [-0.39, 0.29) is 5.91 Å². The highest BCUT2D eigenvalue weighted by Crippen LogP contribution is 2.21. The largest absolute Gasteiger partial charge is 0.489 e. The second-order valence-electron chi connectivity index (χ2n) is 8.12. The first-order valence-electron chi connectivity index (χ1n) is 11.1. The van der Waals surface area contributed by atoms with Crippen LogP contribution in [0.25, 0.3) is 5.69 Å². The average Bonchev–Trinajstić information content (AvgIpc) is 3.50. The van der Waals surface area contributed by atoms with Crippen molar-refractivity contribution in [2.45, 2.75) is 20.5 Å². The molecule has 0 spiro atoms. The number of tetrazole rings is 1. The molecule has 2 aromatic carbocycles. The SMILES string of the molecule is Cc1noc(C)c1COc1cccc(C(=O)N2CCN(c3nnnn3-c3ccccc3)CC2)c1. The van der Waals surface area contributed by atoms with E-state index in [1.54, 1.807) is 10.7 Å². The number of anilines is 1. The van der Waals surface area contributed by atoms with Gasteiger partial charge in [-0.2, -0.15) is 4.68 Å². The minimum Gasteiger partial charge on any atom is -0.489 e. The summed E-state index contributed by atoms with van der Waals surface area (Å²) in [6.45, 7) is 6.51. The lowest BCUT2D eigenvalue weighted by atomic mass is 10.1. The van der Waals surface area contributed by atoms with E-state index in [0.29, 0.717) is 50.0 Å². The number of carbonyl (C=O) groups excluding carboxylic acids is 1. The number of aryl methyl sites for hydroxylation is 2. The summed E-state index contributed by atoms with van der Waals surface area (Å²) in [6, 6.07) is 17.0. The number of rotatable bonds is 6. The van der Waals surface area contributed by atoms with E-state index in [0.717, 1.165) is 22.7 Å². The van der Waals surface area contributed by atoms with Crippen LogP contribution in [0.15, 0.2) is 59.1 Å². The fourth-order valence-corrected chi connectivity index (χ4v) is 3.99. The molecule has 174 valence electrons. The molecule has 1 fully saturated rings. The number of piperazine rings is 1. The lowest BCUT2D eigenvalue weighted by Gasteiger charge is -2.34. The summed E-state index contributed by atoms with van der Waals surface area (Å²) in [6.07, 6.45) is 0. The van der Waals surface area contributed by atoms with E-state index in [9.17, 15) is 4.79 Å². The highest BCUT2D eigenvalue weighted by Gasteiger charge is 2.25. The van der Waals surface area contributed by atoms with Crippen molar-refractivity contribution in [3.8, 4) is 11.4 Å². The number of carbonyl (C=O) groups is 1. The summed E-state index contributed by atoms with van der Waals surface area (Å²) in [4.78, 5) is 17.1. The van der Waals surface area contributed by atoms with Crippen molar-refractivity contribution in [1.29, 1.82) is 0 Å². The number of nitrogens with zero attached hydrogens (tertiary/aromatic N) is 7. The Morgan fingerprint density at radius 1 is 1.03 bits per heavy atom. The van der Waals surface area contributed by atoms with Gasteiger partial charge in [0.2, 0.25) is 5.95 Å². The van der Waals surface area contributed by atoms with Crippen LogP contribution < -0.4 is 9.64 Å². The molecule has 1 aliphatic heterocycles. The predicted octanol–water partition coefficient (Wildman–Crippen LogP) is 2.81. The lowest BCUT2D eigenvalue weighted by molar-refractivity contribution is 0.0745. The third kappa shape index (κ3) is 4.34. The molecule has 10 heteroatoms. The van der Waals surface area contributed by atoms with E-state index < -0.39 is 0 Å². The molecule has 5 rings (SSSR count). The van der Waals surface area contributed by atoms with Gasteiger partial charge in [0.25, 0.3) is 5.91 Å². The van der Waals surface area contributed by atoms with Crippen LogP contribution in [-0.2, 0) is 6.61 Å².